The van der Waals surface area contributed by atoms with Gasteiger partial charge in [0, 0.05) is 17.9 Å². The van der Waals surface area contributed by atoms with Crippen molar-refractivity contribution in [2.75, 3.05) is 16.4 Å². The fourth-order valence-corrected chi connectivity index (χ4v) is 4.13. The van der Waals surface area contributed by atoms with E-state index in [2.05, 4.69) is 27.8 Å². The number of nitrogens with one attached hydrogen (secondary N) is 2. The van der Waals surface area contributed by atoms with Gasteiger partial charge in [-0.05, 0) is 62.1 Å². The minimum absolute atomic E-state index is 0.112. The van der Waals surface area contributed by atoms with Gasteiger partial charge in [-0.2, -0.15) is 0 Å². The lowest BCUT2D eigenvalue weighted by Gasteiger charge is -2.11. The van der Waals surface area contributed by atoms with Crippen molar-refractivity contribution in [1.82, 2.24) is 14.8 Å². The maximum Gasteiger partial charge on any atom is 0.234 e. The van der Waals surface area contributed by atoms with E-state index >= 15 is 0 Å². The van der Waals surface area contributed by atoms with Crippen LogP contribution in [0.2, 0.25) is 0 Å². The summed E-state index contributed by atoms with van der Waals surface area (Å²) in [4.78, 5) is 25.0. The molecule has 0 spiro atoms. The van der Waals surface area contributed by atoms with Crippen molar-refractivity contribution in [3.05, 3.63) is 65.0 Å². The van der Waals surface area contributed by atoms with Gasteiger partial charge in [-0.25, -0.2) is 0 Å². The van der Waals surface area contributed by atoms with Gasteiger partial charge in [0.25, 0.3) is 0 Å². The van der Waals surface area contributed by atoms with Crippen molar-refractivity contribution in [3.63, 3.8) is 0 Å². The molecular weight excluding hydrogens is 422 g/mol. The number of thioether (sulfide) groups is 1. The molecule has 0 aliphatic carbocycles. The van der Waals surface area contributed by atoms with E-state index in [1.165, 1.54) is 17.3 Å². The normalized spacial score (nSPS) is 10.8. The molecule has 3 rings (SSSR count). The van der Waals surface area contributed by atoms with Crippen LogP contribution in [-0.2, 0) is 29.0 Å². The molecule has 0 saturated heterocycles. The molecule has 0 radical (unpaired) electrons. The summed E-state index contributed by atoms with van der Waals surface area (Å²) in [5, 5.41) is 14.9. The molecule has 2 aromatic carbocycles. The smallest absolute Gasteiger partial charge is 0.234 e. The summed E-state index contributed by atoms with van der Waals surface area (Å²) >= 11 is 1.31. The molecule has 0 atom stereocenters. The molecule has 0 unspecified atom stereocenters. The van der Waals surface area contributed by atoms with Gasteiger partial charge in [0.2, 0.25) is 11.8 Å². The van der Waals surface area contributed by atoms with E-state index < -0.39 is 0 Å². The fraction of sp³-hybridized carbons (Fsp3) is 0.333. The predicted molar refractivity (Wildman–Crippen MR) is 129 cm³/mol. The van der Waals surface area contributed by atoms with Crippen LogP contribution in [0.4, 0.5) is 11.4 Å². The van der Waals surface area contributed by atoms with Crippen LogP contribution in [0.25, 0.3) is 0 Å². The molecule has 2 N–H and O–H groups in total. The van der Waals surface area contributed by atoms with Gasteiger partial charge in [-0.15, -0.1) is 10.2 Å². The second-order valence-electron chi connectivity index (χ2n) is 7.51. The Morgan fingerprint density at radius 2 is 1.75 bits per heavy atom. The van der Waals surface area contributed by atoms with Crippen molar-refractivity contribution >= 4 is 35.0 Å². The molecule has 32 heavy (non-hydrogen) atoms. The highest BCUT2D eigenvalue weighted by Gasteiger charge is 2.16. The Hall–Kier alpha value is -3.13. The topological polar surface area (TPSA) is 88.9 Å². The van der Waals surface area contributed by atoms with Gasteiger partial charge in [-0.3, -0.25) is 9.59 Å². The number of carbonyl (C=O) groups is 2. The third kappa shape index (κ3) is 5.97. The number of amides is 2. The van der Waals surface area contributed by atoms with Crippen molar-refractivity contribution in [3.8, 4) is 0 Å². The van der Waals surface area contributed by atoms with Crippen molar-refractivity contribution in [1.29, 1.82) is 0 Å². The highest BCUT2D eigenvalue weighted by Crippen LogP contribution is 2.20. The number of aryl methyl sites for hydroxylation is 3. The van der Waals surface area contributed by atoms with E-state index in [0.29, 0.717) is 17.5 Å². The first-order valence-corrected chi connectivity index (χ1v) is 11.7. The highest BCUT2D eigenvalue weighted by molar-refractivity contribution is 7.99. The zero-order valence-corrected chi connectivity index (χ0v) is 19.8. The molecule has 8 heteroatoms. The van der Waals surface area contributed by atoms with E-state index in [-0.39, 0.29) is 24.0 Å². The van der Waals surface area contributed by atoms with Crippen molar-refractivity contribution in [2.45, 2.75) is 52.2 Å². The number of hydrogen-bond acceptors (Lipinski definition) is 5. The van der Waals surface area contributed by atoms with Crippen LogP contribution in [0.3, 0.4) is 0 Å². The lowest BCUT2D eigenvalue weighted by molar-refractivity contribution is -0.116. The lowest BCUT2D eigenvalue weighted by atomic mass is 10.1. The number of aromatic nitrogens is 3. The Balaban J connectivity index is 1.59. The van der Waals surface area contributed by atoms with E-state index in [0.717, 1.165) is 28.9 Å². The van der Waals surface area contributed by atoms with Gasteiger partial charge < -0.3 is 15.2 Å². The van der Waals surface area contributed by atoms with Gasteiger partial charge in [0.1, 0.15) is 5.82 Å². The maximum absolute atomic E-state index is 12.6. The molecule has 0 aliphatic heterocycles. The number of para-hydroxylation sites is 1. The third-order valence-corrected chi connectivity index (χ3v) is 6.19. The van der Waals surface area contributed by atoms with Crippen LogP contribution < -0.4 is 10.6 Å². The molecule has 1 heterocycles. The summed E-state index contributed by atoms with van der Waals surface area (Å²) in [5.41, 5.74) is 5.00. The van der Waals surface area contributed by atoms with Gasteiger partial charge in [0.15, 0.2) is 5.16 Å². The number of hydrogen-bond donors (Lipinski definition) is 2. The molecule has 2 amide bonds. The minimum atomic E-state index is -0.142. The molecule has 0 bridgehead atoms. The summed E-state index contributed by atoms with van der Waals surface area (Å²) in [6.45, 7) is 8.69. The third-order valence-electron chi connectivity index (χ3n) is 5.22. The van der Waals surface area contributed by atoms with E-state index in [4.69, 9.17) is 0 Å². The molecule has 7 nitrogen and oxygen atoms in total. The molecule has 3 aromatic rings. The summed E-state index contributed by atoms with van der Waals surface area (Å²) < 4.78 is 1.87. The number of anilines is 2. The Morgan fingerprint density at radius 1 is 0.969 bits per heavy atom. The minimum Gasteiger partial charge on any atom is -0.325 e. The number of rotatable bonds is 9. The Bertz CT molecular complexity index is 1110. The monoisotopic (exact) mass is 451 g/mol. The van der Waals surface area contributed by atoms with Crippen LogP contribution in [0.1, 0.15) is 36.4 Å². The van der Waals surface area contributed by atoms with E-state index in [9.17, 15) is 9.59 Å². The number of nitrogens with zero attached hydrogens (tertiary/aromatic N) is 3. The molecule has 0 aliphatic rings. The summed E-state index contributed by atoms with van der Waals surface area (Å²) in [6.07, 6.45) is 0.959. The standard InChI is InChI=1S/C24H29N5O2S/c1-5-18-9-7-8-10-20(18)26-22(30)14-21-27-28-24(29(21)6-2)32-15-23(31)25-19-12-11-16(3)17(4)13-19/h7-13H,5-6,14-15H2,1-4H3,(H,25,31)(H,26,30). The Kier molecular flexibility index (Phi) is 8.05. The summed E-state index contributed by atoms with van der Waals surface area (Å²) in [6, 6.07) is 13.6. The van der Waals surface area contributed by atoms with E-state index in [1.807, 2.05) is 67.8 Å². The highest BCUT2D eigenvalue weighted by atomic mass is 32.2. The quantitative estimate of drug-likeness (QED) is 0.471. The van der Waals surface area contributed by atoms with Crippen LogP contribution in [0.15, 0.2) is 47.6 Å². The Labute approximate surface area is 193 Å². The second-order valence-corrected chi connectivity index (χ2v) is 8.46. The maximum atomic E-state index is 12.6. The average Bonchev–Trinajstić information content (AvgIpc) is 3.16. The summed E-state index contributed by atoms with van der Waals surface area (Å²) in [5.74, 6) is 0.536. The van der Waals surface area contributed by atoms with Crippen molar-refractivity contribution < 1.29 is 9.59 Å². The molecule has 1 aromatic heterocycles. The lowest BCUT2D eigenvalue weighted by Crippen LogP contribution is -2.18. The van der Waals surface area contributed by atoms with Gasteiger partial charge >= 0.3 is 0 Å². The zero-order valence-electron chi connectivity index (χ0n) is 18.9. The van der Waals surface area contributed by atoms with Crippen LogP contribution >= 0.6 is 11.8 Å². The van der Waals surface area contributed by atoms with E-state index in [1.54, 1.807) is 0 Å². The number of carbonyl (C=O) groups excluding carboxylic acids is 2. The first kappa shape index (κ1) is 23.5. The van der Waals surface area contributed by atoms with Gasteiger partial charge in [-0.1, -0.05) is 43.0 Å². The molecule has 168 valence electrons. The SMILES string of the molecule is CCc1ccccc1NC(=O)Cc1nnc(SCC(=O)Nc2ccc(C)c(C)c2)n1CC. The predicted octanol–water partition coefficient (Wildman–Crippen LogP) is 4.39. The molecule has 0 fully saturated rings. The van der Waals surface area contributed by atoms with Crippen molar-refractivity contribution in [2.24, 2.45) is 0 Å². The van der Waals surface area contributed by atoms with Crippen LogP contribution in [0.5, 0.6) is 0 Å². The number of benzene rings is 2. The second kappa shape index (κ2) is 10.9. The van der Waals surface area contributed by atoms with Crippen LogP contribution in [0, 0.1) is 13.8 Å². The first-order valence-electron chi connectivity index (χ1n) is 10.7. The zero-order chi connectivity index (χ0) is 23.1. The van der Waals surface area contributed by atoms with Crippen LogP contribution in [-0.4, -0.2) is 32.3 Å². The molecule has 0 saturated carbocycles. The Morgan fingerprint density at radius 3 is 2.47 bits per heavy atom. The largest absolute Gasteiger partial charge is 0.325 e. The fourth-order valence-electron chi connectivity index (χ4n) is 3.31. The van der Waals surface area contributed by atoms with Gasteiger partial charge in [0.05, 0.1) is 12.2 Å². The summed E-state index contributed by atoms with van der Waals surface area (Å²) in [7, 11) is 0. The first-order chi connectivity index (χ1) is 15.4. The average molecular weight is 452 g/mol. The molecular formula is C24H29N5O2S.